The zero-order chi connectivity index (χ0) is 13.3. The van der Waals surface area contributed by atoms with E-state index in [9.17, 15) is 21.6 Å². The molecule has 1 rings (SSSR count). The molecular formula is C10H9F3O3S. The second-order valence-electron chi connectivity index (χ2n) is 3.13. The van der Waals surface area contributed by atoms with Crippen LogP contribution in [0.15, 0.2) is 18.2 Å². The van der Waals surface area contributed by atoms with Gasteiger partial charge in [0.15, 0.2) is 0 Å². The number of hydrogen-bond acceptors (Lipinski definition) is 3. The molecule has 0 saturated heterocycles. The molecule has 0 fully saturated rings. The molecule has 0 aromatic heterocycles. The van der Waals surface area contributed by atoms with Crippen LogP contribution in [0.3, 0.4) is 0 Å². The highest BCUT2D eigenvalue weighted by Gasteiger charge is 2.48. The summed E-state index contributed by atoms with van der Waals surface area (Å²) >= 11 is 0. The Labute approximate surface area is 96.0 Å². The van der Waals surface area contributed by atoms with Crippen molar-refractivity contribution in [3.63, 3.8) is 0 Å². The topological polar surface area (TPSA) is 43.4 Å². The van der Waals surface area contributed by atoms with Crippen LogP contribution < -0.4 is 14.6 Å². The Bertz CT molecular complexity index is 617. The number of benzene rings is 1. The van der Waals surface area contributed by atoms with Gasteiger partial charge in [-0.05, 0) is 29.5 Å². The van der Waals surface area contributed by atoms with Crippen molar-refractivity contribution in [1.29, 1.82) is 0 Å². The molecule has 0 heterocycles. The summed E-state index contributed by atoms with van der Waals surface area (Å²) in [5.41, 5.74) is -5.44. The summed E-state index contributed by atoms with van der Waals surface area (Å²) in [4.78, 5) is 0. The van der Waals surface area contributed by atoms with Gasteiger partial charge in [0.05, 0.1) is 0 Å². The Kier molecular flexibility index (Phi) is 3.51. The van der Waals surface area contributed by atoms with E-state index in [1.807, 2.05) is 0 Å². The lowest BCUT2D eigenvalue weighted by Gasteiger charge is -2.09. The van der Waals surface area contributed by atoms with Crippen molar-refractivity contribution >= 4 is 22.8 Å². The quantitative estimate of drug-likeness (QED) is 0.595. The molecule has 0 aliphatic carbocycles. The second-order valence-corrected chi connectivity index (χ2v) is 4.67. The predicted molar refractivity (Wildman–Crippen MR) is 57.0 cm³/mol. The van der Waals surface area contributed by atoms with E-state index in [4.69, 9.17) is 0 Å². The maximum Gasteiger partial charge on any atom is 0.534 e. The molecule has 0 bridgehead atoms. The Morgan fingerprint density at radius 3 is 2.41 bits per heavy atom. The molecule has 1 aromatic rings. The molecule has 0 atom stereocenters. The van der Waals surface area contributed by atoms with E-state index < -0.39 is 21.4 Å². The summed E-state index contributed by atoms with van der Waals surface area (Å²) in [6, 6.07) is 3.65. The highest BCUT2D eigenvalue weighted by molar-refractivity contribution is 7.87. The van der Waals surface area contributed by atoms with Gasteiger partial charge in [-0.15, -0.1) is 0 Å². The highest BCUT2D eigenvalue weighted by atomic mass is 32.2. The van der Waals surface area contributed by atoms with Gasteiger partial charge in [-0.25, -0.2) is 0 Å². The van der Waals surface area contributed by atoms with E-state index >= 15 is 0 Å². The van der Waals surface area contributed by atoms with Crippen LogP contribution in [-0.4, -0.2) is 13.9 Å². The van der Waals surface area contributed by atoms with Gasteiger partial charge in [0, 0.05) is 0 Å². The van der Waals surface area contributed by atoms with Gasteiger partial charge in [0.2, 0.25) is 0 Å². The number of rotatable bonds is 2. The fourth-order valence-corrected chi connectivity index (χ4v) is 1.52. The normalized spacial score (nSPS) is 13.8. The van der Waals surface area contributed by atoms with Crippen LogP contribution in [0.2, 0.25) is 0 Å². The molecule has 0 aliphatic rings. The van der Waals surface area contributed by atoms with Crippen LogP contribution >= 0.6 is 0 Å². The molecule has 0 amide bonds. The Morgan fingerprint density at radius 1 is 1.35 bits per heavy atom. The van der Waals surface area contributed by atoms with Gasteiger partial charge in [0.1, 0.15) is 5.75 Å². The van der Waals surface area contributed by atoms with Gasteiger partial charge in [-0.2, -0.15) is 21.6 Å². The first-order chi connectivity index (χ1) is 7.67. The van der Waals surface area contributed by atoms with E-state index in [0.29, 0.717) is 10.4 Å². The summed E-state index contributed by atoms with van der Waals surface area (Å²) in [7, 11) is -5.62. The fraction of sp³-hybridized carbons (Fsp3) is 0.200. The van der Waals surface area contributed by atoms with Gasteiger partial charge in [-0.3, -0.25) is 0 Å². The summed E-state index contributed by atoms with van der Waals surface area (Å²) in [6.07, 6.45) is 1.58. The Morgan fingerprint density at radius 2 is 1.94 bits per heavy atom. The average molecular weight is 266 g/mol. The minimum atomic E-state index is -5.62. The lowest BCUT2D eigenvalue weighted by atomic mass is 10.2. The summed E-state index contributed by atoms with van der Waals surface area (Å²) in [5, 5.41) is 1.06. The van der Waals surface area contributed by atoms with E-state index in [2.05, 4.69) is 10.8 Å². The smallest absolute Gasteiger partial charge is 0.376 e. The van der Waals surface area contributed by atoms with Crippen molar-refractivity contribution in [3.05, 3.63) is 28.6 Å². The molecule has 3 nitrogen and oxygen atoms in total. The van der Waals surface area contributed by atoms with Crippen molar-refractivity contribution in [2.75, 3.05) is 0 Å². The Balaban J connectivity index is 3.19. The highest BCUT2D eigenvalue weighted by Crippen LogP contribution is 2.25. The lowest BCUT2D eigenvalue weighted by Crippen LogP contribution is -2.29. The van der Waals surface area contributed by atoms with Gasteiger partial charge < -0.3 is 4.18 Å². The lowest BCUT2D eigenvalue weighted by molar-refractivity contribution is -0.0500. The molecule has 7 heteroatoms. The summed E-state index contributed by atoms with van der Waals surface area (Å²) < 4.78 is 61.6. The average Bonchev–Trinajstić information content (AvgIpc) is 2.19. The monoisotopic (exact) mass is 266 g/mol. The molecule has 0 spiro atoms. The third kappa shape index (κ3) is 3.00. The number of alkyl halides is 3. The zero-order valence-corrected chi connectivity index (χ0v) is 9.60. The summed E-state index contributed by atoms with van der Waals surface area (Å²) in [6.45, 7) is 5.26. The number of halogens is 3. The minimum absolute atomic E-state index is 0.400. The predicted octanol–water partition coefficient (Wildman–Crippen LogP) is 1.13. The first kappa shape index (κ1) is 13.6. The molecule has 0 unspecified atom stereocenters. The van der Waals surface area contributed by atoms with Gasteiger partial charge >= 0.3 is 15.6 Å². The maximum absolute atomic E-state index is 12.0. The second kappa shape index (κ2) is 4.40. The SMILES string of the molecule is C=c1ccc(OS(=O)(=O)C(F)(F)F)cc1=CC. The van der Waals surface area contributed by atoms with Crippen LogP contribution in [0.5, 0.6) is 5.75 Å². The van der Waals surface area contributed by atoms with Crippen LogP contribution in [-0.2, 0) is 10.1 Å². The van der Waals surface area contributed by atoms with E-state index in [-0.39, 0.29) is 0 Å². The molecule has 17 heavy (non-hydrogen) atoms. The van der Waals surface area contributed by atoms with Crippen molar-refractivity contribution in [3.8, 4) is 5.75 Å². The largest absolute Gasteiger partial charge is 0.534 e. The van der Waals surface area contributed by atoms with E-state index in [0.717, 1.165) is 6.07 Å². The van der Waals surface area contributed by atoms with Gasteiger partial charge in [0.25, 0.3) is 0 Å². The first-order valence-corrected chi connectivity index (χ1v) is 5.84. The Hall–Kier alpha value is -1.50. The van der Waals surface area contributed by atoms with Crippen LogP contribution in [0.1, 0.15) is 6.92 Å². The molecule has 0 saturated carbocycles. The van der Waals surface area contributed by atoms with Crippen molar-refractivity contribution in [2.45, 2.75) is 12.4 Å². The van der Waals surface area contributed by atoms with Gasteiger partial charge in [-0.1, -0.05) is 18.7 Å². The van der Waals surface area contributed by atoms with E-state index in [1.54, 1.807) is 13.0 Å². The first-order valence-electron chi connectivity index (χ1n) is 4.43. The third-order valence-corrected chi connectivity index (χ3v) is 2.90. The van der Waals surface area contributed by atoms with E-state index in [1.165, 1.54) is 12.1 Å². The zero-order valence-electron chi connectivity index (χ0n) is 8.78. The van der Waals surface area contributed by atoms with Crippen LogP contribution in [0, 0.1) is 0 Å². The van der Waals surface area contributed by atoms with Crippen molar-refractivity contribution < 1.29 is 25.8 Å². The third-order valence-electron chi connectivity index (χ3n) is 1.92. The number of hydrogen-bond donors (Lipinski definition) is 0. The minimum Gasteiger partial charge on any atom is -0.376 e. The molecule has 94 valence electrons. The van der Waals surface area contributed by atoms with Crippen LogP contribution in [0.4, 0.5) is 13.2 Å². The van der Waals surface area contributed by atoms with Crippen molar-refractivity contribution in [2.24, 2.45) is 0 Å². The summed E-state index contributed by atoms with van der Waals surface area (Å²) in [5.74, 6) is -0.400. The molecule has 1 aromatic carbocycles. The molecule has 0 N–H and O–H groups in total. The standard InChI is InChI=1S/C10H9F3O3S/c1-3-8-6-9(5-4-7(8)2)16-17(14,15)10(11,12)13/h3-6H,2H2,1H3. The van der Waals surface area contributed by atoms with Crippen molar-refractivity contribution in [1.82, 2.24) is 0 Å². The van der Waals surface area contributed by atoms with Crippen LogP contribution in [0.25, 0.3) is 12.7 Å². The molecule has 0 radical (unpaired) electrons. The molecule has 0 aliphatic heterocycles. The molecular weight excluding hydrogens is 257 g/mol. The fourth-order valence-electron chi connectivity index (χ4n) is 1.07. The maximum atomic E-state index is 12.0.